The molecule has 0 bridgehead atoms. The maximum Gasteiger partial charge on any atom is 0.487 e. The molecule has 17 nitrogen and oxygen atoms in total. The molecule has 0 aromatic carbocycles. The molecule has 4 N–H and O–H groups in total. The number of azide groups is 1. The Bertz CT molecular complexity index is 1140. The van der Waals surface area contributed by atoms with Crippen molar-refractivity contribution in [1.82, 2.24) is 9.55 Å². The summed E-state index contributed by atoms with van der Waals surface area (Å²) in [5, 5.41) is 3.46. The molecule has 5 atom stereocenters. The van der Waals surface area contributed by atoms with Gasteiger partial charge in [0.2, 0.25) is 7.57 Å². The number of rotatable bonds is 9. The molecule has 1 aliphatic heterocycles. The van der Waals surface area contributed by atoms with Crippen molar-refractivity contribution in [3.8, 4) is 0 Å². The molecule has 21 heteroatoms. The van der Waals surface area contributed by atoms with Crippen LogP contribution in [0.1, 0.15) is 18.2 Å². The van der Waals surface area contributed by atoms with Gasteiger partial charge in [-0.15, -0.1) is 0 Å². The standard InChI is InChI=1S/C10H15BN5O12P3/c1-5-3-16(10(18)13-9(5)17)8-2-6(14-15-12)7(26-8)4-25-29(11,19)27-31(23,24)28-30(20,21)22/h3,6-8H,2,4H2,1H3,(H,23,24)(H,13,17,18)(H2,20,21,22)/t6?,7-,8-,29?/m0/s1. The average Bonchev–Trinajstić information content (AvgIpc) is 2.96. The summed E-state index contributed by atoms with van der Waals surface area (Å²) in [6.45, 7) is 0.686. The zero-order valence-corrected chi connectivity index (χ0v) is 18.1. The number of aromatic amines is 1. The minimum absolute atomic E-state index is 0.0704. The van der Waals surface area contributed by atoms with Gasteiger partial charge in [0.05, 0.1) is 18.8 Å². The van der Waals surface area contributed by atoms with E-state index in [1.165, 1.54) is 13.1 Å². The Labute approximate surface area is 173 Å². The molecule has 3 unspecified atom stereocenters. The summed E-state index contributed by atoms with van der Waals surface area (Å²) in [7, 11) is -10.9. The van der Waals surface area contributed by atoms with Crippen molar-refractivity contribution in [2.24, 2.45) is 5.11 Å². The first-order chi connectivity index (χ1) is 14.1. The number of phosphoric acid groups is 2. The Morgan fingerprint density at radius 2 is 2.00 bits per heavy atom. The Morgan fingerprint density at radius 1 is 1.35 bits per heavy atom. The van der Waals surface area contributed by atoms with Crippen LogP contribution in [0.25, 0.3) is 10.4 Å². The van der Waals surface area contributed by atoms with Crippen LogP contribution in [-0.4, -0.2) is 50.5 Å². The summed E-state index contributed by atoms with van der Waals surface area (Å²) >= 11 is 0. The number of hydrogen-bond donors (Lipinski definition) is 4. The van der Waals surface area contributed by atoms with Crippen LogP contribution in [0.5, 0.6) is 0 Å². The van der Waals surface area contributed by atoms with Crippen molar-refractivity contribution < 1.29 is 46.3 Å². The van der Waals surface area contributed by atoms with E-state index in [1.807, 2.05) is 0 Å². The van der Waals surface area contributed by atoms with Crippen LogP contribution < -0.4 is 11.2 Å². The van der Waals surface area contributed by atoms with Gasteiger partial charge in [-0.1, -0.05) is 5.11 Å². The number of nitrogens with zero attached hydrogens (tertiary/aromatic N) is 4. The van der Waals surface area contributed by atoms with Gasteiger partial charge in [0.25, 0.3) is 13.0 Å². The van der Waals surface area contributed by atoms with Crippen molar-refractivity contribution in [2.45, 2.75) is 31.7 Å². The summed E-state index contributed by atoms with van der Waals surface area (Å²) in [5.74, 6) is 0. The van der Waals surface area contributed by atoms with Gasteiger partial charge in [0.15, 0.2) is 0 Å². The molecule has 2 radical (unpaired) electrons. The summed E-state index contributed by atoms with van der Waals surface area (Å²) in [6.07, 6.45) is -1.08. The molecule has 170 valence electrons. The highest BCUT2D eigenvalue weighted by molar-refractivity contribution is 7.84. The predicted molar refractivity (Wildman–Crippen MR) is 101 cm³/mol. The third kappa shape index (κ3) is 7.53. The highest BCUT2D eigenvalue weighted by atomic mass is 31.3. The Hall–Kier alpha value is -1.54. The van der Waals surface area contributed by atoms with Crippen molar-refractivity contribution in [3.05, 3.63) is 43.0 Å². The van der Waals surface area contributed by atoms with Gasteiger partial charge in [-0.25, -0.2) is 18.2 Å². The SMILES string of the molecule is [B]P(=O)(OC[C@@H]1O[C@H](n2cc(C)c(=O)[nH]c2=O)CC1N=[N+]=[N-])OP(=O)(O)OP(=O)(O)O. The van der Waals surface area contributed by atoms with Gasteiger partial charge >= 0.3 is 21.3 Å². The molecule has 0 aliphatic carbocycles. The summed E-state index contributed by atoms with van der Waals surface area (Å²) in [4.78, 5) is 54.5. The van der Waals surface area contributed by atoms with E-state index in [1.54, 1.807) is 0 Å². The second-order valence-electron chi connectivity index (χ2n) is 6.07. The summed E-state index contributed by atoms with van der Waals surface area (Å²) < 4.78 is 52.8. The van der Waals surface area contributed by atoms with E-state index in [2.05, 4.69) is 23.6 Å². The van der Waals surface area contributed by atoms with E-state index in [0.29, 0.717) is 0 Å². The van der Waals surface area contributed by atoms with E-state index < -0.39 is 59.3 Å². The number of H-pyrrole nitrogens is 1. The van der Waals surface area contributed by atoms with Gasteiger partial charge in [-0.05, 0) is 12.5 Å². The highest BCUT2D eigenvalue weighted by Gasteiger charge is 2.41. The Kier molecular flexibility index (Phi) is 7.91. The first-order valence-corrected chi connectivity index (χ1v) is 12.6. The molecular weight excluding hydrogens is 486 g/mol. The van der Waals surface area contributed by atoms with Crippen LogP contribution in [0, 0.1) is 6.92 Å². The first kappa shape index (κ1) is 25.7. The molecule has 2 heterocycles. The lowest BCUT2D eigenvalue weighted by Crippen LogP contribution is -2.33. The average molecular weight is 501 g/mol. The van der Waals surface area contributed by atoms with Crippen molar-refractivity contribution in [3.63, 3.8) is 0 Å². The fourth-order valence-electron chi connectivity index (χ4n) is 2.52. The zero-order valence-electron chi connectivity index (χ0n) is 15.4. The number of aryl methyl sites for hydroxylation is 1. The molecule has 1 aromatic rings. The smallest absolute Gasteiger partial charge is 0.352 e. The van der Waals surface area contributed by atoms with Gasteiger partial charge < -0.3 is 23.9 Å². The van der Waals surface area contributed by atoms with E-state index in [0.717, 1.165) is 4.57 Å². The molecule has 1 saturated heterocycles. The van der Waals surface area contributed by atoms with E-state index in [4.69, 9.17) is 32.1 Å². The first-order valence-electron chi connectivity index (χ1n) is 7.98. The Morgan fingerprint density at radius 3 is 2.58 bits per heavy atom. The molecule has 0 amide bonds. The van der Waals surface area contributed by atoms with Gasteiger partial charge in [-0.2, -0.15) is 4.31 Å². The summed E-state index contributed by atoms with van der Waals surface area (Å²) in [5.41, 5.74) is 7.47. The predicted octanol–water partition coefficient (Wildman–Crippen LogP) is 0.331. The Balaban J connectivity index is 2.14. The largest absolute Gasteiger partial charge is 0.487 e. The van der Waals surface area contributed by atoms with Crippen LogP contribution >= 0.6 is 23.1 Å². The van der Waals surface area contributed by atoms with Crippen LogP contribution in [0.15, 0.2) is 20.9 Å². The van der Waals surface area contributed by atoms with Crippen LogP contribution in [0.3, 0.4) is 0 Å². The number of hydrogen-bond acceptors (Lipinski definition) is 10. The third-order valence-corrected chi connectivity index (χ3v) is 7.63. The van der Waals surface area contributed by atoms with Crippen LogP contribution in [0.4, 0.5) is 0 Å². The summed E-state index contributed by atoms with van der Waals surface area (Å²) in [6, 6.07) is -0.985. The van der Waals surface area contributed by atoms with E-state index in [-0.39, 0.29) is 12.0 Å². The van der Waals surface area contributed by atoms with Crippen molar-refractivity contribution >= 4 is 30.7 Å². The van der Waals surface area contributed by atoms with Crippen molar-refractivity contribution in [2.75, 3.05) is 6.61 Å². The lowest BCUT2D eigenvalue weighted by molar-refractivity contribution is -0.0232. The van der Waals surface area contributed by atoms with Crippen molar-refractivity contribution in [1.29, 1.82) is 0 Å². The van der Waals surface area contributed by atoms with Gasteiger partial charge in [0, 0.05) is 23.1 Å². The second kappa shape index (κ2) is 9.53. The molecular formula is C10H15BN5O12P3. The molecule has 0 saturated carbocycles. The normalized spacial score (nSPS) is 25.4. The lowest BCUT2D eigenvalue weighted by atomic mass is 10.1. The van der Waals surface area contributed by atoms with E-state index >= 15 is 0 Å². The molecule has 1 aromatic heterocycles. The maximum atomic E-state index is 12.0. The highest BCUT2D eigenvalue weighted by Crippen LogP contribution is 2.66. The topological polar surface area (TPSA) is 252 Å². The molecule has 1 fully saturated rings. The quantitative estimate of drug-likeness (QED) is 0.117. The fourth-order valence-corrected chi connectivity index (χ4v) is 5.67. The maximum absolute atomic E-state index is 12.0. The van der Waals surface area contributed by atoms with Crippen LogP contribution in [-0.2, 0) is 31.6 Å². The minimum Gasteiger partial charge on any atom is -0.352 e. The van der Waals surface area contributed by atoms with Crippen LogP contribution in [0.2, 0.25) is 0 Å². The lowest BCUT2D eigenvalue weighted by Gasteiger charge is -2.21. The zero-order chi connectivity index (χ0) is 23.6. The minimum atomic E-state index is -5.58. The van der Waals surface area contributed by atoms with Gasteiger partial charge in [0.1, 0.15) is 6.23 Å². The fraction of sp³-hybridized carbons (Fsp3) is 0.600. The molecule has 2 rings (SSSR count). The third-order valence-electron chi connectivity index (χ3n) is 3.71. The molecule has 1 aliphatic rings. The number of ether oxygens (including phenoxy) is 1. The number of aromatic nitrogens is 2. The monoisotopic (exact) mass is 501 g/mol. The molecule has 0 spiro atoms. The van der Waals surface area contributed by atoms with Gasteiger partial charge in [-0.3, -0.25) is 18.9 Å². The second-order valence-corrected chi connectivity index (χ2v) is 10.6. The molecule has 31 heavy (non-hydrogen) atoms. The van der Waals surface area contributed by atoms with E-state index in [9.17, 15) is 28.2 Å². The number of nitrogens with one attached hydrogen (secondary N) is 1.